The number of hydrogen-bond donors (Lipinski definition) is 2. The van der Waals surface area contributed by atoms with Crippen molar-refractivity contribution in [2.24, 2.45) is 0 Å². The second-order valence-electron chi connectivity index (χ2n) is 5.47. The van der Waals surface area contributed by atoms with Gasteiger partial charge in [0.2, 0.25) is 0 Å². The van der Waals surface area contributed by atoms with E-state index in [2.05, 4.69) is 20.5 Å². The van der Waals surface area contributed by atoms with E-state index >= 15 is 0 Å². The first-order valence-corrected chi connectivity index (χ1v) is 8.50. The summed E-state index contributed by atoms with van der Waals surface area (Å²) < 4.78 is 5.28. The molecule has 2 N–H and O–H groups in total. The van der Waals surface area contributed by atoms with Crippen molar-refractivity contribution < 1.29 is 9.21 Å². The third kappa shape index (κ3) is 3.22. The van der Waals surface area contributed by atoms with E-state index in [4.69, 9.17) is 4.42 Å². The molecule has 4 aromatic rings. The molecule has 0 bridgehead atoms. The van der Waals surface area contributed by atoms with Crippen molar-refractivity contribution in [3.8, 4) is 22.0 Å². The van der Waals surface area contributed by atoms with Crippen molar-refractivity contribution in [1.82, 2.24) is 15.2 Å². The molecule has 0 saturated heterocycles. The van der Waals surface area contributed by atoms with E-state index in [-0.39, 0.29) is 5.91 Å². The minimum absolute atomic E-state index is 0.285. The highest BCUT2D eigenvalue weighted by Gasteiger charge is 2.13. The Bertz CT molecular complexity index is 1000. The van der Waals surface area contributed by atoms with Gasteiger partial charge in [-0.2, -0.15) is 5.10 Å². The molecular weight excluding hydrogens is 336 g/mol. The molecule has 25 heavy (non-hydrogen) atoms. The number of benzene rings is 1. The van der Waals surface area contributed by atoms with Gasteiger partial charge >= 0.3 is 0 Å². The van der Waals surface area contributed by atoms with E-state index in [1.807, 2.05) is 36.6 Å². The molecule has 3 heterocycles. The summed E-state index contributed by atoms with van der Waals surface area (Å²) in [5.74, 6) is 0.349. The maximum atomic E-state index is 12.3. The van der Waals surface area contributed by atoms with Crippen LogP contribution in [0.2, 0.25) is 0 Å². The number of rotatable bonds is 4. The standard InChI is InChI=1S/C18H14N4O2S/c1-11-10-25-18(19-11)12-4-6-13(7-5-12)20-17(23)15-9-14(21-22-15)16-3-2-8-24-16/h2-10H,1H3,(H,20,23)(H,21,22). The molecule has 0 aliphatic rings. The van der Waals surface area contributed by atoms with Gasteiger partial charge in [0, 0.05) is 28.4 Å². The Morgan fingerprint density at radius 1 is 1.24 bits per heavy atom. The summed E-state index contributed by atoms with van der Waals surface area (Å²) >= 11 is 1.60. The fraction of sp³-hybridized carbons (Fsp3) is 0.0556. The fourth-order valence-corrected chi connectivity index (χ4v) is 3.18. The number of amides is 1. The third-order valence-corrected chi connectivity index (χ3v) is 4.62. The second kappa shape index (κ2) is 6.37. The molecule has 1 aromatic carbocycles. The van der Waals surface area contributed by atoms with E-state index < -0.39 is 0 Å². The third-order valence-electron chi connectivity index (χ3n) is 3.61. The average Bonchev–Trinajstić information content (AvgIpc) is 3.36. The monoisotopic (exact) mass is 350 g/mol. The van der Waals surface area contributed by atoms with Crippen LogP contribution in [0.3, 0.4) is 0 Å². The number of thiazole rings is 1. The van der Waals surface area contributed by atoms with E-state index in [0.717, 1.165) is 16.3 Å². The number of carbonyl (C=O) groups excluding carboxylic acids is 1. The maximum Gasteiger partial charge on any atom is 0.276 e. The van der Waals surface area contributed by atoms with Gasteiger partial charge in [-0.25, -0.2) is 4.98 Å². The van der Waals surface area contributed by atoms with Crippen molar-refractivity contribution in [3.05, 3.63) is 65.5 Å². The van der Waals surface area contributed by atoms with Crippen molar-refractivity contribution in [2.75, 3.05) is 5.32 Å². The van der Waals surface area contributed by atoms with E-state index in [1.165, 1.54) is 0 Å². The number of H-pyrrole nitrogens is 1. The van der Waals surface area contributed by atoms with Gasteiger partial charge in [0.1, 0.15) is 10.7 Å². The van der Waals surface area contributed by atoms with Gasteiger partial charge in [0.15, 0.2) is 11.5 Å². The molecular formula is C18H14N4O2S. The van der Waals surface area contributed by atoms with Crippen LogP contribution in [0.4, 0.5) is 5.69 Å². The summed E-state index contributed by atoms with van der Waals surface area (Å²) in [6, 6.07) is 12.8. The van der Waals surface area contributed by atoms with Gasteiger partial charge in [-0.1, -0.05) is 0 Å². The summed E-state index contributed by atoms with van der Waals surface area (Å²) in [4.78, 5) is 16.8. The molecule has 6 nitrogen and oxygen atoms in total. The summed E-state index contributed by atoms with van der Waals surface area (Å²) in [5.41, 5.74) is 3.68. The van der Waals surface area contributed by atoms with Crippen molar-refractivity contribution in [2.45, 2.75) is 6.92 Å². The van der Waals surface area contributed by atoms with Crippen molar-refractivity contribution in [1.29, 1.82) is 0 Å². The Kier molecular flexibility index (Phi) is 3.91. The summed E-state index contributed by atoms with van der Waals surface area (Å²) in [7, 11) is 0. The maximum absolute atomic E-state index is 12.3. The zero-order valence-corrected chi connectivity index (χ0v) is 14.1. The van der Waals surface area contributed by atoms with Crippen LogP contribution in [0, 0.1) is 6.92 Å². The van der Waals surface area contributed by atoms with Gasteiger partial charge in [-0.15, -0.1) is 11.3 Å². The van der Waals surface area contributed by atoms with E-state index in [0.29, 0.717) is 22.8 Å². The van der Waals surface area contributed by atoms with Crippen LogP contribution >= 0.6 is 11.3 Å². The number of carbonyl (C=O) groups is 1. The van der Waals surface area contributed by atoms with Gasteiger partial charge in [-0.05, 0) is 43.3 Å². The first-order chi connectivity index (χ1) is 12.2. The molecule has 1 amide bonds. The lowest BCUT2D eigenvalue weighted by Gasteiger charge is -2.04. The molecule has 0 unspecified atom stereocenters. The summed E-state index contributed by atoms with van der Waals surface area (Å²) in [6.07, 6.45) is 1.57. The summed E-state index contributed by atoms with van der Waals surface area (Å²) in [6.45, 7) is 1.97. The van der Waals surface area contributed by atoms with E-state index in [9.17, 15) is 4.79 Å². The molecule has 0 atom stereocenters. The molecule has 4 rings (SSSR count). The average molecular weight is 350 g/mol. The van der Waals surface area contributed by atoms with Crippen LogP contribution in [-0.4, -0.2) is 21.1 Å². The smallest absolute Gasteiger partial charge is 0.276 e. The molecule has 124 valence electrons. The highest BCUT2D eigenvalue weighted by molar-refractivity contribution is 7.13. The molecule has 0 aliphatic heterocycles. The first kappa shape index (κ1) is 15.3. The van der Waals surface area contributed by atoms with Crippen LogP contribution in [0.15, 0.2) is 58.5 Å². The quantitative estimate of drug-likeness (QED) is 0.573. The first-order valence-electron chi connectivity index (χ1n) is 7.62. The molecule has 0 fully saturated rings. The predicted molar refractivity (Wildman–Crippen MR) is 96.5 cm³/mol. The van der Waals surface area contributed by atoms with Gasteiger partial charge in [-0.3, -0.25) is 9.89 Å². The topological polar surface area (TPSA) is 83.8 Å². The number of aromatic nitrogens is 3. The number of anilines is 1. The zero-order valence-electron chi connectivity index (χ0n) is 13.3. The second-order valence-corrected chi connectivity index (χ2v) is 6.33. The Morgan fingerprint density at radius 3 is 2.76 bits per heavy atom. The SMILES string of the molecule is Cc1csc(-c2ccc(NC(=O)c3cc(-c4ccco4)[nH]n3)cc2)n1. The lowest BCUT2D eigenvalue weighted by atomic mass is 10.2. The minimum atomic E-state index is -0.285. The highest BCUT2D eigenvalue weighted by Crippen LogP contribution is 2.25. The largest absolute Gasteiger partial charge is 0.463 e. The van der Waals surface area contributed by atoms with Crippen molar-refractivity contribution in [3.63, 3.8) is 0 Å². The van der Waals surface area contributed by atoms with E-state index in [1.54, 1.807) is 35.8 Å². The minimum Gasteiger partial charge on any atom is -0.463 e. The number of nitrogens with zero attached hydrogens (tertiary/aromatic N) is 2. The zero-order chi connectivity index (χ0) is 17.2. The fourth-order valence-electron chi connectivity index (χ4n) is 2.37. The Balaban J connectivity index is 1.47. The number of hydrogen-bond acceptors (Lipinski definition) is 5. The van der Waals surface area contributed by atoms with Crippen LogP contribution in [0.25, 0.3) is 22.0 Å². The highest BCUT2D eigenvalue weighted by atomic mass is 32.1. The molecule has 0 saturated carbocycles. The van der Waals surface area contributed by atoms with Crippen LogP contribution in [0.1, 0.15) is 16.2 Å². The molecule has 0 aliphatic carbocycles. The number of nitrogens with one attached hydrogen (secondary N) is 2. The lowest BCUT2D eigenvalue weighted by molar-refractivity contribution is 0.102. The predicted octanol–water partition coefficient (Wildman–Crippen LogP) is 4.35. The Hall–Kier alpha value is -3.19. The lowest BCUT2D eigenvalue weighted by Crippen LogP contribution is -2.12. The number of aromatic amines is 1. The Morgan fingerprint density at radius 2 is 2.08 bits per heavy atom. The molecule has 0 spiro atoms. The summed E-state index contributed by atoms with van der Waals surface area (Å²) in [5, 5.41) is 12.6. The number of furan rings is 1. The van der Waals surface area contributed by atoms with Crippen LogP contribution in [-0.2, 0) is 0 Å². The molecule has 7 heteroatoms. The normalized spacial score (nSPS) is 10.8. The van der Waals surface area contributed by atoms with Gasteiger partial charge in [0.25, 0.3) is 5.91 Å². The van der Waals surface area contributed by atoms with Gasteiger partial charge in [0.05, 0.1) is 6.26 Å². The van der Waals surface area contributed by atoms with Crippen molar-refractivity contribution >= 4 is 22.9 Å². The molecule has 3 aromatic heterocycles. The number of aryl methyl sites for hydroxylation is 1. The van der Waals surface area contributed by atoms with Gasteiger partial charge < -0.3 is 9.73 Å². The van der Waals surface area contributed by atoms with Crippen LogP contribution in [0.5, 0.6) is 0 Å². The van der Waals surface area contributed by atoms with Crippen LogP contribution < -0.4 is 5.32 Å². The molecule has 0 radical (unpaired) electrons. The Labute approximate surface area is 147 Å².